The molecular formula is C15H33N. The molecule has 16 heavy (non-hydrogen) atoms. The van der Waals surface area contributed by atoms with Gasteiger partial charge in [0.15, 0.2) is 0 Å². The number of nitrogens with one attached hydrogen (secondary N) is 1. The van der Waals surface area contributed by atoms with Crippen LogP contribution in [0.2, 0.25) is 0 Å². The third-order valence-corrected chi connectivity index (χ3v) is 3.21. The Kier molecular flexibility index (Phi) is 8.09. The molecule has 0 aromatic heterocycles. The van der Waals surface area contributed by atoms with E-state index < -0.39 is 0 Å². The van der Waals surface area contributed by atoms with Gasteiger partial charge in [0.2, 0.25) is 0 Å². The second-order valence-electron chi connectivity index (χ2n) is 6.55. The lowest BCUT2D eigenvalue weighted by molar-refractivity contribution is 0.248. The van der Waals surface area contributed by atoms with Gasteiger partial charge in [-0.25, -0.2) is 0 Å². The smallest absolute Gasteiger partial charge is 0.0116 e. The zero-order valence-electron chi connectivity index (χ0n) is 12.4. The van der Waals surface area contributed by atoms with E-state index in [0.29, 0.717) is 11.5 Å². The van der Waals surface area contributed by atoms with E-state index in [1.807, 2.05) is 0 Å². The van der Waals surface area contributed by atoms with Crippen molar-refractivity contribution in [3.8, 4) is 0 Å². The van der Waals surface area contributed by atoms with Gasteiger partial charge in [0.1, 0.15) is 0 Å². The molecular weight excluding hydrogens is 194 g/mol. The van der Waals surface area contributed by atoms with E-state index in [2.05, 4.69) is 46.9 Å². The fraction of sp³-hybridized carbons (Fsp3) is 1.00. The summed E-state index contributed by atoms with van der Waals surface area (Å²) in [6, 6.07) is 0.680. The molecule has 1 heteroatoms. The van der Waals surface area contributed by atoms with Crippen LogP contribution in [0.15, 0.2) is 0 Å². The van der Waals surface area contributed by atoms with Gasteiger partial charge >= 0.3 is 0 Å². The fourth-order valence-electron chi connectivity index (χ4n) is 2.06. The van der Waals surface area contributed by atoms with Crippen LogP contribution in [0.4, 0.5) is 0 Å². The molecule has 0 aromatic carbocycles. The van der Waals surface area contributed by atoms with Crippen LogP contribution >= 0.6 is 0 Å². The topological polar surface area (TPSA) is 12.0 Å². The van der Waals surface area contributed by atoms with E-state index >= 15 is 0 Å². The summed E-state index contributed by atoms with van der Waals surface area (Å²) in [6.45, 7) is 15.1. The van der Waals surface area contributed by atoms with Crippen LogP contribution in [0.1, 0.15) is 73.6 Å². The average Bonchev–Trinajstić information content (AvgIpc) is 2.14. The summed E-state index contributed by atoms with van der Waals surface area (Å²) in [6.07, 6.45) is 6.70. The Morgan fingerprint density at radius 2 is 1.56 bits per heavy atom. The van der Waals surface area contributed by atoms with Crippen molar-refractivity contribution < 1.29 is 0 Å². The van der Waals surface area contributed by atoms with E-state index in [1.165, 1.54) is 32.1 Å². The molecule has 1 nitrogen and oxygen atoms in total. The Morgan fingerprint density at radius 3 is 2.00 bits per heavy atom. The summed E-state index contributed by atoms with van der Waals surface area (Å²) in [5.41, 5.74) is 0.396. The highest BCUT2D eigenvalue weighted by Gasteiger charge is 2.22. The first-order valence-corrected chi connectivity index (χ1v) is 7.11. The van der Waals surface area contributed by atoms with Gasteiger partial charge in [-0.2, -0.15) is 0 Å². The number of unbranched alkanes of at least 4 members (excludes halogenated alkanes) is 1. The van der Waals surface area contributed by atoms with Crippen LogP contribution in [0.5, 0.6) is 0 Å². The van der Waals surface area contributed by atoms with Crippen LogP contribution in [-0.2, 0) is 0 Å². The molecule has 0 fully saturated rings. The second-order valence-corrected chi connectivity index (χ2v) is 6.55. The van der Waals surface area contributed by atoms with Crippen LogP contribution in [0.25, 0.3) is 0 Å². The van der Waals surface area contributed by atoms with Crippen molar-refractivity contribution in [1.29, 1.82) is 0 Å². The Morgan fingerprint density at radius 1 is 1.00 bits per heavy atom. The monoisotopic (exact) mass is 227 g/mol. The van der Waals surface area contributed by atoms with Crippen molar-refractivity contribution in [2.75, 3.05) is 6.54 Å². The van der Waals surface area contributed by atoms with Crippen LogP contribution in [0.3, 0.4) is 0 Å². The zero-order valence-corrected chi connectivity index (χ0v) is 12.4. The molecule has 1 unspecified atom stereocenters. The quantitative estimate of drug-likeness (QED) is 0.597. The van der Waals surface area contributed by atoms with Gasteiger partial charge in [0.25, 0.3) is 0 Å². The molecule has 0 aliphatic rings. The molecule has 0 aliphatic heterocycles. The maximum atomic E-state index is 3.70. The molecule has 98 valence electrons. The zero-order chi connectivity index (χ0) is 12.6. The standard InChI is InChI=1S/C15H33N/c1-7-12-16-14(15(4,5)6)11-9-8-10-13(2)3/h13-14,16H,7-12H2,1-6H3. The van der Waals surface area contributed by atoms with Gasteiger partial charge in [-0.1, -0.05) is 60.8 Å². The maximum Gasteiger partial charge on any atom is 0.0116 e. The second kappa shape index (κ2) is 8.11. The minimum absolute atomic E-state index is 0.396. The van der Waals surface area contributed by atoms with Crippen molar-refractivity contribution in [3.63, 3.8) is 0 Å². The highest BCUT2D eigenvalue weighted by molar-refractivity contribution is 4.80. The lowest BCUT2D eigenvalue weighted by atomic mass is 9.83. The minimum atomic E-state index is 0.396. The molecule has 0 heterocycles. The van der Waals surface area contributed by atoms with Gasteiger partial charge in [-0.3, -0.25) is 0 Å². The van der Waals surface area contributed by atoms with E-state index in [0.717, 1.165) is 12.5 Å². The van der Waals surface area contributed by atoms with Crippen molar-refractivity contribution in [1.82, 2.24) is 5.32 Å². The first-order valence-electron chi connectivity index (χ1n) is 7.11. The van der Waals surface area contributed by atoms with E-state index in [4.69, 9.17) is 0 Å². The normalized spacial score (nSPS) is 14.4. The first kappa shape index (κ1) is 16.0. The predicted molar refractivity (Wildman–Crippen MR) is 74.8 cm³/mol. The Bertz CT molecular complexity index is 155. The lowest BCUT2D eigenvalue weighted by Crippen LogP contribution is -2.40. The molecule has 1 N–H and O–H groups in total. The van der Waals surface area contributed by atoms with Crippen molar-refractivity contribution in [2.45, 2.75) is 79.7 Å². The van der Waals surface area contributed by atoms with E-state index in [9.17, 15) is 0 Å². The predicted octanol–water partition coefficient (Wildman–Crippen LogP) is 4.62. The largest absolute Gasteiger partial charge is 0.313 e. The third-order valence-electron chi connectivity index (χ3n) is 3.21. The molecule has 0 radical (unpaired) electrons. The molecule has 0 bridgehead atoms. The van der Waals surface area contributed by atoms with Crippen molar-refractivity contribution in [2.24, 2.45) is 11.3 Å². The van der Waals surface area contributed by atoms with Crippen molar-refractivity contribution in [3.05, 3.63) is 0 Å². The summed E-state index contributed by atoms with van der Waals surface area (Å²) >= 11 is 0. The number of hydrogen-bond acceptors (Lipinski definition) is 1. The molecule has 0 aliphatic carbocycles. The average molecular weight is 227 g/mol. The molecule has 0 rings (SSSR count). The lowest BCUT2D eigenvalue weighted by Gasteiger charge is -2.32. The molecule has 0 amide bonds. The van der Waals surface area contributed by atoms with E-state index in [1.54, 1.807) is 0 Å². The summed E-state index contributed by atoms with van der Waals surface area (Å²) in [4.78, 5) is 0. The van der Waals surface area contributed by atoms with Crippen LogP contribution in [0, 0.1) is 11.3 Å². The fourth-order valence-corrected chi connectivity index (χ4v) is 2.06. The Hall–Kier alpha value is -0.0400. The number of rotatable bonds is 8. The summed E-state index contributed by atoms with van der Waals surface area (Å²) in [7, 11) is 0. The first-order chi connectivity index (χ1) is 7.38. The summed E-state index contributed by atoms with van der Waals surface area (Å²) in [5.74, 6) is 0.858. The Balaban J connectivity index is 3.84. The van der Waals surface area contributed by atoms with E-state index in [-0.39, 0.29) is 0 Å². The van der Waals surface area contributed by atoms with Gasteiger partial charge in [-0.15, -0.1) is 0 Å². The van der Waals surface area contributed by atoms with Gasteiger partial charge in [-0.05, 0) is 30.7 Å². The molecule has 0 spiro atoms. The van der Waals surface area contributed by atoms with Crippen molar-refractivity contribution >= 4 is 0 Å². The minimum Gasteiger partial charge on any atom is -0.313 e. The molecule has 0 saturated heterocycles. The number of hydrogen-bond donors (Lipinski definition) is 1. The highest BCUT2D eigenvalue weighted by atomic mass is 14.9. The van der Waals surface area contributed by atoms with Gasteiger partial charge in [0, 0.05) is 6.04 Å². The summed E-state index contributed by atoms with van der Waals surface area (Å²) < 4.78 is 0. The molecule has 0 saturated carbocycles. The molecule has 0 aromatic rings. The summed E-state index contributed by atoms with van der Waals surface area (Å²) in [5, 5.41) is 3.70. The highest BCUT2D eigenvalue weighted by Crippen LogP contribution is 2.24. The van der Waals surface area contributed by atoms with Gasteiger partial charge < -0.3 is 5.32 Å². The maximum absolute atomic E-state index is 3.70. The Labute approximate surface area is 103 Å². The SMILES string of the molecule is CCCNC(CCCCC(C)C)C(C)(C)C. The van der Waals surface area contributed by atoms with Crippen LogP contribution < -0.4 is 5.32 Å². The molecule has 1 atom stereocenters. The van der Waals surface area contributed by atoms with Gasteiger partial charge in [0.05, 0.1) is 0 Å². The van der Waals surface area contributed by atoms with Crippen LogP contribution in [-0.4, -0.2) is 12.6 Å². The third kappa shape index (κ3) is 8.15.